The number of thiophene rings is 1. The fourth-order valence-electron chi connectivity index (χ4n) is 1.41. The molecule has 0 fully saturated rings. The molecule has 0 atom stereocenters. The van der Waals surface area contributed by atoms with Crippen LogP contribution in [0.3, 0.4) is 0 Å². The Labute approximate surface area is 109 Å². The quantitative estimate of drug-likeness (QED) is 0.588. The number of hydrogen-bond donors (Lipinski definition) is 1. The Kier molecular flexibility index (Phi) is 4.96. The van der Waals surface area contributed by atoms with E-state index in [0.29, 0.717) is 0 Å². The first-order valence-corrected chi connectivity index (χ1v) is 7.47. The molecule has 5 nitrogen and oxygen atoms in total. The average Bonchev–Trinajstić information content (AvgIpc) is 2.95. The SMILES string of the molecule is Cn1nnnc1SCCC[NH2+]Cc1ccsc1. The first kappa shape index (κ1) is 12.5. The van der Waals surface area contributed by atoms with Gasteiger partial charge in [0.25, 0.3) is 0 Å². The summed E-state index contributed by atoms with van der Waals surface area (Å²) in [5.41, 5.74) is 1.42. The highest BCUT2D eigenvalue weighted by atomic mass is 32.2. The normalized spacial score (nSPS) is 10.9. The number of hydrogen-bond acceptors (Lipinski definition) is 5. The van der Waals surface area contributed by atoms with Crippen molar-refractivity contribution in [3.63, 3.8) is 0 Å². The van der Waals surface area contributed by atoms with E-state index in [9.17, 15) is 0 Å². The lowest BCUT2D eigenvalue weighted by Gasteiger charge is -2.00. The lowest BCUT2D eigenvalue weighted by molar-refractivity contribution is -0.670. The van der Waals surface area contributed by atoms with E-state index in [1.807, 2.05) is 7.05 Å². The van der Waals surface area contributed by atoms with Gasteiger partial charge in [-0.2, -0.15) is 11.3 Å². The minimum atomic E-state index is 0.892. The van der Waals surface area contributed by atoms with Gasteiger partial charge >= 0.3 is 0 Å². The van der Waals surface area contributed by atoms with Gasteiger partial charge in [-0.1, -0.05) is 11.8 Å². The Bertz CT molecular complexity index is 426. The number of rotatable bonds is 7. The summed E-state index contributed by atoms with van der Waals surface area (Å²) in [6, 6.07) is 2.18. The van der Waals surface area contributed by atoms with Crippen molar-refractivity contribution in [3.05, 3.63) is 22.4 Å². The van der Waals surface area contributed by atoms with Crippen LogP contribution in [0, 0.1) is 0 Å². The molecule has 92 valence electrons. The highest BCUT2D eigenvalue weighted by molar-refractivity contribution is 7.99. The highest BCUT2D eigenvalue weighted by Gasteiger charge is 2.02. The van der Waals surface area contributed by atoms with Crippen molar-refractivity contribution < 1.29 is 5.32 Å². The third kappa shape index (κ3) is 4.10. The molecule has 17 heavy (non-hydrogen) atoms. The summed E-state index contributed by atoms with van der Waals surface area (Å²) in [6.45, 7) is 2.23. The van der Waals surface area contributed by atoms with Crippen LogP contribution in [0.25, 0.3) is 0 Å². The maximum Gasteiger partial charge on any atom is 0.209 e. The Balaban J connectivity index is 1.54. The minimum absolute atomic E-state index is 0.892. The van der Waals surface area contributed by atoms with E-state index in [0.717, 1.165) is 24.0 Å². The summed E-state index contributed by atoms with van der Waals surface area (Å²) in [6.07, 6.45) is 1.17. The number of nitrogens with zero attached hydrogens (tertiary/aromatic N) is 4. The fourth-order valence-corrected chi connectivity index (χ4v) is 2.90. The molecule has 0 aliphatic heterocycles. The van der Waals surface area contributed by atoms with E-state index >= 15 is 0 Å². The Morgan fingerprint density at radius 2 is 2.47 bits per heavy atom. The van der Waals surface area contributed by atoms with Gasteiger partial charge in [0.2, 0.25) is 5.16 Å². The maximum absolute atomic E-state index is 3.93. The summed E-state index contributed by atoms with van der Waals surface area (Å²) in [7, 11) is 1.87. The van der Waals surface area contributed by atoms with Crippen molar-refractivity contribution in [1.29, 1.82) is 0 Å². The largest absolute Gasteiger partial charge is 0.342 e. The predicted molar refractivity (Wildman–Crippen MR) is 69.0 cm³/mol. The molecule has 2 heterocycles. The highest BCUT2D eigenvalue weighted by Crippen LogP contribution is 2.12. The molecule has 0 bridgehead atoms. The second-order valence-corrected chi connectivity index (χ2v) is 5.54. The number of aromatic nitrogens is 4. The van der Waals surface area contributed by atoms with Crippen LogP contribution in [0.15, 0.2) is 22.0 Å². The van der Waals surface area contributed by atoms with Crippen LogP contribution in [0.5, 0.6) is 0 Å². The van der Waals surface area contributed by atoms with Crippen LogP contribution in [0.2, 0.25) is 0 Å². The van der Waals surface area contributed by atoms with E-state index in [-0.39, 0.29) is 0 Å². The van der Waals surface area contributed by atoms with Crippen LogP contribution in [0.4, 0.5) is 0 Å². The molecule has 2 N–H and O–H groups in total. The van der Waals surface area contributed by atoms with Gasteiger partial charge in [0.1, 0.15) is 6.54 Å². The molecule has 0 aliphatic rings. The molecule has 0 saturated heterocycles. The lowest BCUT2D eigenvalue weighted by atomic mass is 10.3. The van der Waals surface area contributed by atoms with Crippen LogP contribution in [-0.4, -0.2) is 32.5 Å². The zero-order valence-electron chi connectivity index (χ0n) is 9.74. The number of nitrogens with two attached hydrogens (primary N) is 1. The molecule has 0 unspecified atom stereocenters. The summed E-state index contributed by atoms with van der Waals surface area (Å²) >= 11 is 3.47. The van der Waals surface area contributed by atoms with E-state index in [1.54, 1.807) is 27.8 Å². The molecule has 7 heteroatoms. The van der Waals surface area contributed by atoms with Crippen LogP contribution < -0.4 is 5.32 Å². The Morgan fingerprint density at radius 3 is 3.18 bits per heavy atom. The molecule has 0 aromatic carbocycles. The van der Waals surface area contributed by atoms with Gasteiger partial charge in [0.05, 0.1) is 6.54 Å². The summed E-state index contributed by atoms with van der Waals surface area (Å²) in [5, 5.41) is 18.9. The van der Waals surface area contributed by atoms with E-state index in [1.165, 1.54) is 12.0 Å². The van der Waals surface area contributed by atoms with E-state index in [4.69, 9.17) is 0 Å². The molecule has 0 radical (unpaired) electrons. The van der Waals surface area contributed by atoms with Crippen molar-refractivity contribution in [2.45, 2.75) is 18.1 Å². The van der Waals surface area contributed by atoms with Crippen molar-refractivity contribution in [1.82, 2.24) is 20.2 Å². The average molecular weight is 270 g/mol. The second-order valence-electron chi connectivity index (χ2n) is 3.70. The lowest BCUT2D eigenvalue weighted by Crippen LogP contribution is -2.82. The zero-order valence-corrected chi connectivity index (χ0v) is 11.4. The third-order valence-electron chi connectivity index (χ3n) is 2.33. The summed E-state index contributed by atoms with van der Waals surface area (Å²) in [5.74, 6) is 1.06. The Morgan fingerprint density at radius 1 is 1.53 bits per heavy atom. The van der Waals surface area contributed by atoms with Crippen molar-refractivity contribution in [2.75, 3.05) is 12.3 Å². The zero-order chi connectivity index (χ0) is 11.9. The number of quaternary nitrogens is 1. The third-order valence-corrected chi connectivity index (χ3v) is 4.15. The van der Waals surface area contributed by atoms with Crippen molar-refractivity contribution in [3.8, 4) is 0 Å². The van der Waals surface area contributed by atoms with Gasteiger partial charge in [-0.05, 0) is 27.3 Å². The molecule has 2 aromatic heterocycles. The van der Waals surface area contributed by atoms with Gasteiger partial charge in [0.15, 0.2) is 0 Å². The predicted octanol–water partition coefficient (Wildman–Crippen LogP) is 0.517. The molecule has 0 saturated carbocycles. The van der Waals surface area contributed by atoms with E-state index < -0.39 is 0 Å². The standard InChI is InChI=1S/C10H15N5S2/c1-15-10(12-13-14-15)17-5-2-4-11-7-9-3-6-16-8-9/h3,6,8,11H,2,4-5,7H2,1H3/p+1. The van der Waals surface area contributed by atoms with Gasteiger partial charge in [-0.25, -0.2) is 4.68 Å². The molecular weight excluding hydrogens is 254 g/mol. The fraction of sp³-hybridized carbons (Fsp3) is 0.500. The number of tetrazole rings is 1. The number of aryl methyl sites for hydroxylation is 1. The molecule has 0 spiro atoms. The molecular formula is C10H16N5S2+. The number of thioether (sulfide) groups is 1. The second kappa shape index (κ2) is 6.73. The van der Waals surface area contributed by atoms with Gasteiger partial charge in [-0.15, -0.1) is 5.10 Å². The monoisotopic (exact) mass is 270 g/mol. The molecule has 0 amide bonds. The molecule has 2 rings (SSSR count). The van der Waals surface area contributed by atoms with Gasteiger partial charge < -0.3 is 5.32 Å². The molecule has 0 aliphatic carbocycles. The van der Waals surface area contributed by atoms with E-state index in [2.05, 4.69) is 37.7 Å². The molecule has 2 aromatic rings. The first-order valence-electron chi connectivity index (χ1n) is 5.54. The van der Waals surface area contributed by atoms with Gasteiger partial charge in [0, 0.05) is 24.8 Å². The van der Waals surface area contributed by atoms with Gasteiger partial charge in [-0.3, -0.25) is 0 Å². The maximum atomic E-state index is 3.93. The summed E-state index contributed by atoms with van der Waals surface area (Å²) < 4.78 is 1.71. The van der Waals surface area contributed by atoms with Crippen LogP contribution >= 0.6 is 23.1 Å². The van der Waals surface area contributed by atoms with Crippen molar-refractivity contribution >= 4 is 23.1 Å². The van der Waals surface area contributed by atoms with Crippen LogP contribution in [0.1, 0.15) is 12.0 Å². The van der Waals surface area contributed by atoms with Crippen LogP contribution in [-0.2, 0) is 13.6 Å². The minimum Gasteiger partial charge on any atom is -0.342 e. The first-order chi connectivity index (χ1) is 8.36. The Hall–Kier alpha value is -0.920. The topological polar surface area (TPSA) is 60.2 Å². The van der Waals surface area contributed by atoms with Crippen molar-refractivity contribution in [2.24, 2.45) is 7.05 Å². The smallest absolute Gasteiger partial charge is 0.209 e. The summed E-state index contributed by atoms with van der Waals surface area (Å²) in [4.78, 5) is 0.